The summed E-state index contributed by atoms with van der Waals surface area (Å²) in [6.07, 6.45) is 5.65. The van der Waals surface area contributed by atoms with Crippen molar-refractivity contribution in [3.8, 4) is 0 Å². The zero-order chi connectivity index (χ0) is 22.1. The van der Waals surface area contributed by atoms with Crippen molar-refractivity contribution in [2.45, 2.75) is 67.4 Å². The van der Waals surface area contributed by atoms with Crippen molar-refractivity contribution in [2.24, 2.45) is 10.7 Å². The van der Waals surface area contributed by atoms with Crippen molar-refractivity contribution in [3.05, 3.63) is 46.2 Å². The Hall–Kier alpha value is -2.63. The Labute approximate surface area is 168 Å². The molecule has 0 aliphatic heterocycles. The van der Waals surface area contributed by atoms with E-state index in [1.165, 1.54) is 7.11 Å². The molecule has 0 aromatic heterocycles. The molecule has 28 heavy (non-hydrogen) atoms. The van der Waals surface area contributed by atoms with Gasteiger partial charge in [-0.15, -0.1) is 0 Å². The molecular formula is C22H34N2O4. The summed E-state index contributed by atoms with van der Waals surface area (Å²) in [5.41, 5.74) is 8.77. The van der Waals surface area contributed by atoms with Crippen LogP contribution in [0.5, 0.6) is 0 Å². The summed E-state index contributed by atoms with van der Waals surface area (Å²) in [4.78, 5) is 28.2. The highest BCUT2D eigenvalue weighted by molar-refractivity contribution is 6.12. The molecule has 6 heteroatoms. The first-order valence-electron chi connectivity index (χ1n) is 9.23. The lowest BCUT2D eigenvalue weighted by Gasteiger charge is -2.17. The van der Waals surface area contributed by atoms with Crippen LogP contribution in [0, 0.1) is 0 Å². The van der Waals surface area contributed by atoms with E-state index in [4.69, 9.17) is 15.2 Å². The van der Waals surface area contributed by atoms with E-state index in [0.717, 1.165) is 17.6 Å². The maximum Gasteiger partial charge on any atom is 0.434 e. The normalized spacial score (nSPS) is 15.2. The Morgan fingerprint density at radius 1 is 1.07 bits per heavy atom. The van der Waals surface area contributed by atoms with Crippen LogP contribution in [0.2, 0.25) is 0 Å². The fraction of sp³-hybridized carbons (Fsp3) is 0.500. The second-order valence-corrected chi connectivity index (χ2v) is 7.46. The highest BCUT2D eigenvalue weighted by Crippen LogP contribution is 2.19. The van der Waals surface area contributed by atoms with Crippen LogP contribution in [0.1, 0.15) is 61.8 Å². The molecule has 0 saturated carbocycles. The molecule has 0 radical (unpaired) electrons. The highest BCUT2D eigenvalue weighted by Gasteiger charge is 2.17. The molecular weight excluding hydrogens is 356 g/mol. The number of nitrogens with two attached hydrogens (primary N) is 1. The van der Waals surface area contributed by atoms with E-state index >= 15 is 0 Å². The molecule has 0 aromatic rings. The first kappa shape index (κ1) is 25.4. The van der Waals surface area contributed by atoms with Gasteiger partial charge in [0, 0.05) is 5.70 Å². The molecule has 0 aliphatic carbocycles. The molecule has 0 aliphatic rings. The van der Waals surface area contributed by atoms with E-state index in [9.17, 15) is 9.59 Å². The molecule has 0 atom stereocenters. The van der Waals surface area contributed by atoms with Crippen LogP contribution in [0.4, 0.5) is 4.79 Å². The van der Waals surface area contributed by atoms with Gasteiger partial charge in [-0.3, -0.25) is 0 Å². The minimum absolute atomic E-state index is 0.330. The number of aliphatic imine (C=N–C) groups is 1. The second kappa shape index (κ2) is 11.3. The molecule has 0 rings (SSSR count). The van der Waals surface area contributed by atoms with E-state index in [-0.39, 0.29) is 0 Å². The van der Waals surface area contributed by atoms with Gasteiger partial charge in [0.05, 0.1) is 18.4 Å². The van der Waals surface area contributed by atoms with Crippen molar-refractivity contribution in [1.29, 1.82) is 0 Å². The third-order valence-corrected chi connectivity index (χ3v) is 3.76. The van der Waals surface area contributed by atoms with Gasteiger partial charge in [-0.2, -0.15) is 4.99 Å². The topological polar surface area (TPSA) is 91.0 Å². The summed E-state index contributed by atoms with van der Waals surface area (Å²) in [6, 6.07) is 0. The largest absolute Gasteiger partial charge is 0.465 e. The minimum atomic E-state index is -0.651. The summed E-state index contributed by atoms with van der Waals surface area (Å²) in [6.45, 7) is 14.5. The third-order valence-electron chi connectivity index (χ3n) is 3.76. The van der Waals surface area contributed by atoms with Gasteiger partial charge in [-0.05, 0) is 77.7 Å². The van der Waals surface area contributed by atoms with Crippen molar-refractivity contribution in [3.63, 3.8) is 0 Å². The van der Waals surface area contributed by atoms with Crippen molar-refractivity contribution in [2.75, 3.05) is 7.11 Å². The van der Waals surface area contributed by atoms with E-state index < -0.39 is 17.7 Å². The number of carbonyl (C=O) groups excluding carboxylic acids is 2. The first-order chi connectivity index (χ1) is 12.8. The number of carbonyl (C=O) groups is 2. The molecule has 0 fully saturated rings. The van der Waals surface area contributed by atoms with E-state index in [1.54, 1.807) is 46.8 Å². The predicted molar refractivity (Wildman–Crippen MR) is 114 cm³/mol. The Kier molecular flexibility index (Phi) is 10.2. The lowest BCUT2D eigenvalue weighted by molar-refractivity contribution is -0.135. The number of allylic oxidation sites excluding steroid dienone is 6. The minimum Gasteiger partial charge on any atom is -0.465 e. The second-order valence-electron chi connectivity index (χ2n) is 7.46. The third kappa shape index (κ3) is 8.84. The predicted octanol–water partition coefficient (Wildman–Crippen LogP) is 5.02. The Bertz CT molecular complexity index is 741. The number of hydrogen-bond acceptors (Lipinski definition) is 5. The van der Waals surface area contributed by atoms with Gasteiger partial charge in [0.1, 0.15) is 5.60 Å². The molecule has 1 amide bonds. The number of amides is 1. The average molecular weight is 391 g/mol. The van der Waals surface area contributed by atoms with Crippen LogP contribution >= 0.6 is 0 Å². The van der Waals surface area contributed by atoms with Crippen LogP contribution in [-0.4, -0.2) is 30.5 Å². The van der Waals surface area contributed by atoms with Crippen LogP contribution < -0.4 is 5.73 Å². The van der Waals surface area contributed by atoms with Gasteiger partial charge >= 0.3 is 12.1 Å². The summed E-state index contributed by atoms with van der Waals surface area (Å²) in [5, 5.41) is 0. The van der Waals surface area contributed by atoms with E-state index in [0.29, 0.717) is 22.6 Å². The smallest absolute Gasteiger partial charge is 0.434 e. The van der Waals surface area contributed by atoms with Gasteiger partial charge in [0.2, 0.25) is 0 Å². The van der Waals surface area contributed by atoms with E-state index in [2.05, 4.69) is 4.99 Å². The highest BCUT2D eigenvalue weighted by atomic mass is 16.6. The van der Waals surface area contributed by atoms with Crippen LogP contribution in [0.25, 0.3) is 0 Å². The summed E-state index contributed by atoms with van der Waals surface area (Å²) >= 11 is 0. The van der Waals surface area contributed by atoms with Gasteiger partial charge in [0.15, 0.2) is 0 Å². The lowest BCUT2D eigenvalue weighted by Crippen LogP contribution is -2.22. The van der Waals surface area contributed by atoms with Gasteiger partial charge in [-0.1, -0.05) is 19.1 Å². The SMILES string of the molecule is CC/C=C(C)/C(/C=C\C(C)=C(C)/C(C(=O)OC)=C(/C)N)=N/C(=O)OC(C)(C)C. The monoisotopic (exact) mass is 390 g/mol. The fourth-order valence-corrected chi connectivity index (χ4v) is 2.29. The Morgan fingerprint density at radius 2 is 1.64 bits per heavy atom. The molecule has 2 N–H and O–H groups in total. The van der Waals surface area contributed by atoms with E-state index in [1.807, 2.05) is 26.8 Å². The maximum absolute atomic E-state index is 12.1. The quantitative estimate of drug-likeness (QED) is 0.298. The number of rotatable bonds is 6. The van der Waals surface area contributed by atoms with Crippen molar-refractivity contribution in [1.82, 2.24) is 0 Å². The van der Waals surface area contributed by atoms with Crippen molar-refractivity contribution >= 4 is 17.8 Å². The molecule has 6 nitrogen and oxygen atoms in total. The molecule has 0 saturated heterocycles. The molecule has 0 aromatic carbocycles. The molecule has 0 bridgehead atoms. The fourth-order valence-electron chi connectivity index (χ4n) is 2.29. The summed E-state index contributed by atoms with van der Waals surface area (Å²) in [7, 11) is 1.31. The molecule has 156 valence electrons. The van der Waals surface area contributed by atoms with Gasteiger partial charge in [0.25, 0.3) is 0 Å². The molecule has 0 spiro atoms. The number of nitrogens with zero attached hydrogens (tertiary/aromatic N) is 1. The van der Waals surface area contributed by atoms with Gasteiger partial charge < -0.3 is 15.2 Å². The van der Waals surface area contributed by atoms with Crippen LogP contribution in [0.3, 0.4) is 0 Å². The Morgan fingerprint density at radius 3 is 2.07 bits per heavy atom. The molecule has 0 heterocycles. The molecule has 0 unspecified atom stereocenters. The average Bonchev–Trinajstić information content (AvgIpc) is 2.56. The van der Waals surface area contributed by atoms with Crippen molar-refractivity contribution < 1.29 is 19.1 Å². The zero-order valence-electron chi connectivity index (χ0n) is 18.6. The first-order valence-corrected chi connectivity index (χ1v) is 9.23. The summed E-state index contributed by atoms with van der Waals surface area (Å²) in [5.74, 6) is -0.491. The Balaban J connectivity index is 6.02. The number of hydrogen-bond donors (Lipinski definition) is 1. The maximum atomic E-state index is 12.1. The van der Waals surface area contributed by atoms with Crippen LogP contribution in [-0.2, 0) is 14.3 Å². The van der Waals surface area contributed by atoms with Crippen LogP contribution in [0.15, 0.2) is 51.2 Å². The van der Waals surface area contributed by atoms with Gasteiger partial charge in [-0.25, -0.2) is 9.59 Å². The summed E-state index contributed by atoms with van der Waals surface area (Å²) < 4.78 is 10.1. The zero-order valence-corrected chi connectivity index (χ0v) is 18.6. The standard InChI is InChI=1S/C22H34N2O4/c1-10-11-15(3)18(24-21(26)28-22(6,7)8)13-12-14(2)16(4)19(17(5)23)20(25)27-9/h11-13H,10,23H2,1-9H3/b13-12-,15-11+,16-14-,19-17+,24-18+. The lowest BCUT2D eigenvalue weighted by atomic mass is 9.99. The number of ether oxygens (including phenoxy) is 2. The number of esters is 1. The number of methoxy groups -OCH3 is 1.